The van der Waals surface area contributed by atoms with Crippen LogP contribution in [-0.4, -0.2) is 16.2 Å². The molecule has 1 rings (SSSR count). The summed E-state index contributed by atoms with van der Waals surface area (Å²) in [6, 6.07) is 0. The van der Waals surface area contributed by atoms with Gasteiger partial charge in [0.1, 0.15) is 0 Å². The van der Waals surface area contributed by atoms with E-state index < -0.39 is 0 Å². The highest BCUT2D eigenvalue weighted by atomic mass is 32.2. The highest BCUT2D eigenvalue weighted by Gasteiger charge is 2.04. The molecule has 0 spiro atoms. The number of nitrogens with two attached hydrogens (primary N) is 1. The largest absolute Gasteiger partial charge is 0.326 e. The molecular formula is C7H11N3OS. The highest BCUT2D eigenvalue weighted by Crippen LogP contribution is 2.07. The molecule has 0 saturated heterocycles. The van der Waals surface area contributed by atoms with Crippen molar-refractivity contribution in [1.29, 1.82) is 0 Å². The summed E-state index contributed by atoms with van der Waals surface area (Å²) in [6.45, 7) is 2.03. The van der Waals surface area contributed by atoms with Crippen molar-refractivity contribution in [2.45, 2.75) is 18.6 Å². The first-order chi connectivity index (χ1) is 5.69. The van der Waals surface area contributed by atoms with Gasteiger partial charge in [-0.25, -0.2) is 4.98 Å². The van der Waals surface area contributed by atoms with Crippen LogP contribution in [-0.2, 0) is 6.54 Å². The quantitative estimate of drug-likeness (QED) is 0.512. The van der Waals surface area contributed by atoms with Crippen molar-refractivity contribution in [3.8, 4) is 0 Å². The van der Waals surface area contributed by atoms with E-state index in [-0.39, 0.29) is 12.1 Å². The standard InChI is InChI=1S/C7H11N3OS/c1-4-5(3-8)6(11)10-7(9-4)12-2/h3,8H2,1-2H3,(H,9,10,11). The van der Waals surface area contributed by atoms with Gasteiger partial charge in [-0.3, -0.25) is 4.79 Å². The maximum Gasteiger partial charge on any atom is 0.256 e. The van der Waals surface area contributed by atoms with Crippen LogP contribution in [0.4, 0.5) is 0 Å². The first-order valence-electron chi connectivity index (χ1n) is 3.53. The molecule has 66 valence electrons. The molecular weight excluding hydrogens is 174 g/mol. The predicted molar refractivity (Wildman–Crippen MR) is 49.3 cm³/mol. The molecule has 0 radical (unpaired) electrons. The Balaban J connectivity index is 3.28. The molecule has 0 aliphatic carbocycles. The van der Waals surface area contributed by atoms with Crippen molar-refractivity contribution in [3.05, 3.63) is 21.6 Å². The normalized spacial score (nSPS) is 10.2. The summed E-state index contributed by atoms with van der Waals surface area (Å²) in [5.41, 5.74) is 6.52. The molecule has 0 unspecified atom stereocenters. The molecule has 0 bridgehead atoms. The SMILES string of the molecule is CSc1nc(C)c(CN)c(=O)[nH]1. The Morgan fingerprint density at radius 2 is 2.33 bits per heavy atom. The van der Waals surface area contributed by atoms with Crippen molar-refractivity contribution in [2.24, 2.45) is 5.73 Å². The lowest BCUT2D eigenvalue weighted by molar-refractivity contribution is 0.851. The van der Waals surface area contributed by atoms with Gasteiger partial charge in [-0.15, -0.1) is 0 Å². The van der Waals surface area contributed by atoms with Gasteiger partial charge in [0.25, 0.3) is 5.56 Å². The van der Waals surface area contributed by atoms with Gasteiger partial charge in [-0.2, -0.15) is 0 Å². The first-order valence-corrected chi connectivity index (χ1v) is 4.75. The average Bonchev–Trinajstić information content (AvgIpc) is 2.03. The molecule has 4 nitrogen and oxygen atoms in total. The van der Waals surface area contributed by atoms with E-state index in [1.54, 1.807) is 6.92 Å². The van der Waals surface area contributed by atoms with Crippen LogP contribution in [0.5, 0.6) is 0 Å². The molecule has 0 aromatic carbocycles. The molecule has 1 aromatic heterocycles. The third-order valence-electron chi connectivity index (χ3n) is 1.60. The second kappa shape index (κ2) is 3.73. The summed E-state index contributed by atoms with van der Waals surface area (Å²) in [4.78, 5) is 18.0. The van der Waals surface area contributed by atoms with E-state index in [0.717, 1.165) is 0 Å². The zero-order chi connectivity index (χ0) is 9.14. The van der Waals surface area contributed by atoms with Gasteiger partial charge in [0.2, 0.25) is 0 Å². The summed E-state index contributed by atoms with van der Waals surface area (Å²) < 4.78 is 0. The summed E-state index contributed by atoms with van der Waals surface area (Å²) in [7, 11) is 0. The Bertz CT molecular complexity index is 334. The number of H-pyrrole nitrogens is 1. The van der Waals surface area contributed by atoms with E-state index in [0.29, 0.717) is 16.4 Å². The molecule has 5 heteroatoms. The minimum absolute atomic E-state index is 0.130. The van der Waals surface area contributed by atoms with Crippen LogP contribution >= 0.6 is 11.8 Å². The maximum absolute atomic E-state index is 11.3. The van der Waals surface area contributed by atoms with Crippen LogP contribution in [0.15, 0.2) is 9.95 Å². The monoisotopic (exact) mass is 185 g/mol. The number of hydrogen-bond donors (Lipinski definition) is 2. The van der Waals surface area contributed by atoms with Gasteiger partial charge in [0, 0.05) is 6.54 Å². The third kappa shape index (κ3) is 1.67. The number of nitrogens with one attached hydrogen (secondary N) is 1. The zero-order valence-corrected chi connectivity index (χ0v) is 7.86. The van der Waals surface area contributed by atoms with Gasteiger partial charge in [0.15, 0.2) is 5.16 Å². The molecule has 12 heavy (non-hydrogen) atoms. The Kier molecular flexibility index (Phi) is 2.88. The number of nitrogens with zero attached hydrogens (tertiary/aromatic N) is 1. The van der Waals surface area contributed by atoms with Crippen LogP contribution < -0.4 is 11.3 Å². The molecule has 0 amide bonds. The fourth-order valence-corrected chi connectivity index (χ4v) is 1.34. The second-order valence-corrected chi connectivity index (χ2v) is 3.14. The van der Waals surface area contributed by atoms with Crippen molar-refractivity contribution in [3.63, 3.8) is 0 Å². The number of aromatic amines is 1. The number of aromatic nitrogens is 2. The summed E-state index contributed by atoms with van der Waals surface area (Å²) in [5.74, 6) is 0. The summed E-state index contributed by atoms with van der Waals surface area (Å²) >= 11 is 1.41. The molecule has 0 aliphatic rings. The van der Waals surface area contributed by atoms with Crippen molar-refractivity contribution in [2.75, 3.05) is 6.26 Å². The minimum atomic E-state index is -0.130. The van der Waals surface area contributed by atoms with Gasteiger partial charge >= 0.3 is 0 Å². The van der Waals surface area contributed by atoms with E-state index in [1.165, 1.54) is 11.8 Å². The molecule has 0 saturated carbocycles. The molecule has 0 aliphatic heterocycles. The van der Waals surface area contributed by atoms with E-state index in [4.69, 9.17) is 5.73 Å². The lowest BCUT2D eigenvalue weighted by atomic mass is 10.2. The van der Waals surface area contributed by atoms with Crippen molar-refractivity contribution < 1.29 is 0 Å². The summed E-state index contributed by atoms with van der Waals surface area (Å²) in [6.07, 6.45) is 1.86. The number of hydrogen-bond acceptors (Lipinski definition) is 4. The fourth-order valence-electron chi connectivity index (χ4n) is 0.922. The van der Waals surface area contributed by atoms with E-state index in [9.17, 15) is 4.79 Å². The smallest absolute Gasteiger partial charge is 0.256 e. The van der Waals surface area contributed by atoms with Crippen molar-refractivity contribution >= 4 is 11.8 Å². The van der Waals surface area contributed by atoms with Gasteiger partial charge in [-0.1, -0.05) is 11.8 Å². The van der Waals surface area contributed by atoms with Gasteiger partial charge in [-0.05, 0) is 13.2 Å². The summed E-state index contributed by atoms with van der Waals surface area (Å²) in [5, 5.41) is 0.634. The van der Waals surface area contributed by atoms with Gasteiger partial charge < -0.3 is 10.7 Å². The van der Waals surface area contributed by atoms with E-state index in [1.807, 2.05) is 6.26 Å². The number of thioether (sulfide) groups is 1. The Morgan fingerprint density at radius 3 is 2.75 bits per heavy atom. The van der Waals surface area contributed by atoms with Gasteiger partial charge in [0.05, 0.1) is 11.3 Å². The highest BCUT2D eigenvalue weighted by molar-refractivity contribution is 7.98. The molecule has 3 N–H and O–H groups in total. The average molecular weight is 185 g/mol. The topological polar surface area (TPSA) is 71.8 Å². The van der Waals surface area contributed by atoms with E-state index >= 15 is 0 Å². The molecule has 1 aromatic rings. The zero-order valence-electron chi connectivity index (χ0n) is 7.05. The Morgan fingerprint density at radius 1 is 1.67 bits per heavy atom. The van der Waals surface area contributed by atoms with Crippen LogP contribution in [0.1, 0.15) is 11.3 Å². The predicted octanol–water partition coefficient (Wildman–Crippen LogP) is 0.259. The van der Waals surface area contributed by atoms with Crippen LogP contribution in [0.25, 0.3) is 0 Å². The third-order valence-corrected chi connectivity index (χ3v) is 2.18. The van der Waals surface area contributed by atoms with Crippen LogP contribution in [0.2, 0.25) is 0 Å². The minimum Gasteiger partial charge on any atom is -0.326 e. The fraction of sp³-hybridized carbons (Fsp3) is 0.429. The Hall–Kier alpha value is -0.810. The molecule has 0 fully saturated rings. The Labute approximate surface area is 74.6 Å². The molecule has 1 heterocycles. The molecule has 0 atom stereocenters. The van der Waals surface area contributed by atoms with Crippen LogP contribution in [0.3, 0.4) is 0 Å². The van der Waals surface area contributed by atoms with Crippen LogP contribution in [0, 0.1) is 6.92 Å². The van der Waals surface area contributed by atoms with E-state index in [2.05, 4.69) is 9.97 Å². The first kappa shape index (κ1) is 9.28. The van der Waals surface area contributed by atoms with Crippen molar-refractivity contribution in [1.82, 2.24) is 9.97 Å². The number of rotatable bonds is 2. The number of aryl methyl sites for hydroxylation is 1. The lowest BCUT2D eigenvalue weighted by Gasteiger charge is -2.02. The maximum atomic E-state index is 11.3. The lowest BCUT2D eigenvalue weighted by Crippen LogP contribution is -2.19. The second-order valence-electron chi connectivity index (χ2n) is 2.34.